The van der Waals surface area contributed by atoms with Crippen molar-refractivity contribution in [3.8, 4) is 11.4 Å². The second-order valence-electron chi connectivity index (χ2n) is 8.42. The largest absolute Gasteiger partial charge is 0.417 e. The summed E-state index contributed by atoms with van der Waals surface area (Å²) < 4.78 is 44.3. The summed E-state index contributed by atoms with van der Waals surface area (Å²) in [6, 6.07) is 14.3. The number of carbonyl (C=O) groups excluding carboxylic acids is 2. The molecule has 1 aliphatic heterocycles. The van der Waals surface area contributed by atoms with Crippen LogP contribution in [0.3, 0.4) is 0 Å². The summed E-state index contributed by atoms with van der Waals surface area (Å²) in [6.45, 7) is 0.619. The Morgan fingerprint density at radius 1 is 0.973 bits per heavy atom. The molecule has 0 atom stereocenters. The predicted octanol–water partition coefficient (Wildman–Crippen LogP) is 5.95. The number of nitrogens with zero attached hydrogens (tertiary/aromatic N) is 4. The zero-order valence-electron chi connectivity index (χ0n) is 19.2. The molecule has 1 fully saturated rings. The van der Waals surface area contributed by atoms with Crippen molar-refractivity contribution in [2.75, 3.05) is 18.4 Å². The van der Waals surface area contributed by atoms with Crippen LogP contribution in [0.15, 0.2) is 60.0 Å². The highest BCUT2D eigenvalue weighted by Crippen LogP contribution is 2.35. The van der Waals surface area contributed by atoms with Crippen LogP contribution < -0.4 is 5.32 Å². The number of thiazole rings is 1. The minimum Gasteiger partial charge on any atom is -0.339 e. The van der Waals surface area contributed by atoms with Gasteiger partial charge in [-0.3, -0.25) is 14.9 Å². The van der Waals surface area contributed by atoms with Crippen molar-refractivity contribution < 1.29 is 22.8 Å². The lowest BCUT2D eigenvalue weighted by atomic mass is 9.96. The molecule has 0 aliphatic carbocycles. The molecule has 37 heavy (non-hydrogen) atoms. The van der Waals surface area contributed by atoms with Crippen LogP contribution in [0.5, 0.6) is 0 Å². The van der Waals surface area contributed by atoms with Crippen LogP contribution >= 0.6 is 22.9 Å². The van der Waals surface area contributed by atoms with E-state index in [2.05, 4.69) is 19.7 Å². The molecule has 190 valence electrons. The molecule has 0 bridgehead atoms. The fraction of sp³-hybridized carbons (Fsp3) is 0.240. The predicted molar refractivity (Wildman–Crippen MR) is 135 cm³/mol. The van der Waals surface area contributed by atoms with E-state index in [1.807, 2.05) is 30.3 Å². The summed E-state index contributed by atoms with van der Waals surface area (Å²) in [5, 5.41) is 5.52. The number of benzene rings is 2. The Morgan fingerprint density at radius 3 is 2.41 bits per heavy atom. The Morgan fingerprint density at radius 2 is 1.68 bits per heavy atom. The highest BCUT2D eigenvalue weighted by molar-refractivity contribution is 7.10. The van der Waals surface area contributed by atoms with Crippen molar-refractivity contribution in [2.24, 2.45) is 0 Å². The highest BCUT2D eigenvalue weighted by Gasteiger charge is 2.36. The third-order valence-corrected chi connectivity index (χ3v) is 7.67. The maximum absolute atomic E-state index is 13.3. The van der Waals surface area contributed by atoms with Gasteiger partial charge in [0.2, 0.25) is 5.13 Å². The number of rotatable bonds is 5. The molecule has 12 heteroatoms. The van der Waals surface area contributed by atoms with E-state index in [9.17, 15) is 22.8 Å². The second kappa shape index (κ2) is 10.4. The summed E-state index contributed by atoms with van der Waals surface area (Å²) >= 11 is 2.43. The maximum Gasteiger partial charge on any atom is 0.417 e. The molecule has 3 heterocycles. The lowest BCUT2D eigenvalue weighted by molar-refractivity contribution is -0.138. The van der Waals surface area contributed by atoms with Gasteiger partial charge in [-0.05, 0) is 25.0 Å². The third kappa shape index (κ3) is 5.54. The van der Waals surface area contributed by atoms with Crippen molar-refractivity contribution in [1.29, 1.82) is 0 Å². The summed E-state index contributed by atoms with van der Waals surface area (Å²) in [5.41, 5.74) is -0.159. The number of hydrogen-bond donors (Lipinski definition) is 1. The van der Waals surface area contributed by atoms with Crippen molar-refractivity contribution in [2.45, 2.75) is 24.9 Å². The Balaban J connectivity index is 1.19. The van der Waals surface area contributed by atoms with Gasteiger partial charge in [0.15, 0.2) is 5.82 Å². The first-order chi connectivity index (χ1) is 17.8. The van der Waals surface area contributed by atoms with Crippen LogP contribution in [0, 0.1) is 0 Å². The van der Waals surface area contributed by atoms with Gasteiger partial charge in [-0.2, -0.15) is 22.5 Å². The standard InChI is InChI=1S/C25H20F3N5O2S2/c26-25(27,28)18-9-5-4-8-17(18)23(35)33-12-10-16(11-13-33)22-29-19(14-36-22)21(34)31-24-30-20(32-37-24)15-6-2-1-3-7-15/h1-9,14,16H,10-13H2,(H,30,31,32,34). The van der Waals surface area contributed by atoms with Crippen LogP contribution in [-0.4, -0.2) is 44.1 Å². The molecule has 0 spiro atoms. The molecule has 4 aromatic rings. The zero-order chi connectivity index (χ0) is 26.0. The molecule has 5 rings (SSSR count). The molecule has 1 aliphatic rings. The molecular formula is C25H20F3N5O2S2. The Kier molecular flexibility index (Phi) is 7.02. The lowest BCUT2D eigenvalue weighted by Crippen LogP contribution is -2.38. The van der Waals surface area contributed by atoms with E-state index in [1.54, 1.807) is 5.38 Å². The normalized spacial score (nSPS) is 14.5. The quantitative estimate of drug-likeness (QED) is 0.336. The number of nitrogens with one attached hydrogen (secondary N) is 1. The van der Waals surface area contributed by atoms with Crippen molar-refractivity contribution in [1.82, 2.24) is 19.2 Å². The number of aromatic nitrogens is 3. The maximum atomic E-state index is 13.3. The molecule has 2 amide bonds. The van der Waals surface area contributed by atoms with Gasteiger partial charge in [-0.15, -0.1) is 11.3 Å². The van der Waals surface area contributed by atoms with Gasteiger partial charge in [-0.25, -0.2) is 4.98 Å². The number of carbonyl (C=O) groups is 2. The number of halogens is 3. The van der Waals surface area contributed by atoms with E-state index in [0.29, 0.717) is 36.9 Å². The minimum absolute atomic E-state index is 0.0136. The molecule has 0 unspecified atom stereocenters. The van der Waals surface area contributed by atoms with Crippen molar-refractivity contribution in [3.63, 3.8) is 0 Å². The number of piperidine rings is 1. The fourth-order valence-electron chi connectivity index (χ4n) is 4.14. The molecular weight excluding hydrogens is 523 g/mol. The van der Waals surface area contributed by atoms with Crippen LogP contribution in [0.25, 0.3) is 11.4 Å². The van der Waals surface area contributed by atoms with E-state index >= 15 is 0 Å². The topological polar surface area (TPSA) is 88.1 Å². The van der Waals surface area contributed by atoms with Gasteiger partial charge in [0.25, 0.3) is 11.8 Å². The molecule has 0 saturated carbocycles. The minimum atomic E-state index is -4.60. The van der Waals surface area contributed by atoms with Gasteiger partial charge in [0.05, 0.1) is 16.1 Å². The number of alkyl halides is 3. The average Bonchev–Trinajstić information content (AvgIpc) is 3.59. The zero-order valence-corrected chi connectivity index (χ0v) is 20.9. The first kappa shape index (κ1) is 25.0. The van der Waals surface area contributed by atoms with Gasteiger partial charge >= 0.3 is 6.18 Å². The second-order valence-corrected chi connectivity index (χ2v) is 10.1. The van der Waals surface area contributed by atoms with Crippen LogP contribution in [0.4, 0.5) is 18.3 Å². The first-order valence-electron chi connectivity index (χ1n) is 11.4. The first-order valence-corrected chi connectivity index (χ1v) is 13.1. The van der Waals surface area contributed by atoms with Gasteiger partial charge in [0, 0.05) is 41.5 Å². The van der Waals surface area contributed by atoms with E-state index in [-0.39, 0.29) is 17.2 Å². The molecule has 2 aromatic carbocycles. The van der Waals surface area contributed by atoms with Gasteiger partial charge < -0.3 is 4.90 Å². The third-order valence-electron chi connectivity index (χ3n) is 6.03. The van der Waals surface area contributed by atoms with Crippen molar-refractivity contribution >= 4 is 39.8 Å². The average molecular weight is 544 g/mol. The van der Waals surface area contributed by atoms with E-state index < -0.39 is 23.6 Å². The van der Waals surface area contributed by atoms with Gasteiger partial charge in [0.1, 0.15) is 5.69 Å². The Labute approximate surface area is 218 Å². The smallest absolute Gasteiger partial charge is 0.339 e. The number of amides is 2. The number of anilines is 1. The molecule has 0 radical (unpaired) electrons. The molecule has 1 saturated heterocycles. The van der Waals surface area contributed by atoms with Crippen LogP contribution in [0.2, 0.25) is 0 Å². The molecule has 2 aromatic heterocycles. The van der Waals surface area contributed by atoms with Gasteiger partial charge in [-0.1, -0.05) is 42.5 Å². The fourth-order valence-corrected chi connectivity index (χ4v) is 5.69. The number of likely N-dealkylation sites (tertiary alicyclic amines) is 1. The molecule has 7 nitrogen and oxygen atoms in total. The number of hydrogen-bond acceptors (Lipinski definition) is 7. The highest BCUT2D eigenvalue weighted by atomic mass is 32.1. The Hall–Kier alpha value is -3.64. The summed E-state index contributed by atoms with van der Waals surface area (Å²) in [4.78, 5) is 35.8. The Bertz CT molecular complexity index is 1410. The summed E-state index contributed by atoms with van der Waals surface area (Å²) in [6.07, 6.45) is -3.50. The van der Waals surface area contributed by atoms with E-state index in [0.717, 1.165) is 28.2 Å². The SMILES string of the molecule is O=C(Nc1nc(-c2ccccc2)ns1)c1csc(C2CCN(C(=O)c3ccccc3C(F)(F)F)CC2)n1. The molecule has 1 N–H and O–H groups in total. The summed E-state index contributed by atoms with van der Waals surface area (Å²) in [7, 11) is 0. The van der Waals surface area contributed by atoms with E-state index in [4.69, 9.17) is 0 Å². The van der Waals surface area contributed by atoms with E-state index in [1.165, 1.54) is 34.4 Å². The van der Waals surface area contributed by atoms with Crippen molar-refractivity contribution in [3.05, 3.63) is 81.8 Å². The lowest BCUT2D eigenvalue weighted by Gasteiger charge is -2.31. The summed E-state index contributed by atoms with van der Waals surface area (Å²) in [5.74, 6) is -0.481. The van der Waals surface area contributed by atoms with Crippen LogP contribution in [0.1, 0.15) is 50.2 Å². The van der Waals surface area contributed by atoms with Crippen LogP contribution in [-0.2, 0) is 6.18 Å². The monoisotopic (exact) mass is 543 g/mol.